The van der Waals surface area contributed by atoms with Gasteiger partial charge in [0.25, 0.3) is 5.91 Å². The molecule has 1 aromatic carbocycles. The van der Waals surface area contributed by atoms with Gasteiger partial charge in [0.15, 0.2) is 11.8 Å². The van der Waals surface area contributed by atoms with Crippen molar-refractivity contribution in [1.82, 2.24) is 9.97 Å². The summed E-state index contributed by atoms with van der Waals surface area (Å²) in [6.07, 6.45) is 3.05. The Bertz CT molecular complexity index is 708. The van der Waals surface area contributed by atoms with E-state index in [-0.39, 0.29) is 5.69 Å². The van der Waals surface area contributed by atoms with Crippen molar-refractivity contribution in [3.63, 3.8) is 0 Å². The van der Waals surface area contributed by atoms with E-state index in [9.17, 15) is 9.59 Å². The molecule has 7 nitrogen and oxygen atoms in total. The number of hydrogen-bond donors (Lipinski definition) is 1. The van der Waals surface area contributed by atoms with Crippen LogP contribution in [0, 0.1) is 11.3 Å². The largest absolute Gasteiger partial charge is 0.448 e. The molecule has 1 heterocycles. The third-order valence-electron chi connectivity index (χ3n) is 2.71. The second-order valence-corrected chi connectivity index (χ2v) is 4.32. The molecule has 22 heavy (non-hydrogen) atoms. The molecular formula is C15H12N4O3. The van der Waals surface area contributed by atoms with E-state index < -0.39 is 18.0 Å². The number of esters is 1. The molecule has 0 bridgehead atoms. The van der Waals surface area contributed by atoms with Gasteiger partial charge in [0, 0.05) is 18.1 Å². The van der Waals surface area contributed by atoms with E-state index in [4.69, 9.17) is 10.00 Å². The lowest BCUT2D eigenvalue weighted by atomic mass is 10.2. The van der Waals surface area contributed by atoms with Crippen LogP contribution in [0.5, 0.6) is 0 Å². The summed E-state index contributed by atoms with van der Waals surface area (Å²) in [4.78, 5) is 31.2. The number of nitriles is 1. The van der Waals surface area contributed by atoms with Crippen LogP contribution in [0.25, 0.3) is 0 Å². The van der Waals surface area contributed by atoms with Gasteiger partial charge in [-0.3, -0.25) is 9.78 Å². The number of rotatable bonds is 4. The lowest BCUT2D eigenvalue weighted by Gasteiger charge is -2.13. The maximum Gasteiger partial charge on any atom is 0.359 e. The number of carbonyl (C=O) groups is 2. The van der Waals surface area contributed by atoms with Gasteiger partial charge >= 0.3 is 5.97 Å². The van der Waals surface area contributed by atoms with Crippen LogP contribution in [-0.2, 0) is 9.53 Å². The predicted molar refractivity (Wildman–Crippen MR) is 76.7 cm³/mol. The summed E-state index contributed by atoms with van der Waals surface area (Å²) in [5, 5.41) is 11.3. The maximum absolute atomic E-state index is 11.9. The zero-order chi connectivity index (χ0) is 15.9. The highest BCUT2D eigenvalue weighted by molar-refractivity contribution is 5.96. The number of nitrogens with one attached hydrogen (secondary N) is 1. The smallest absolute Gasteiger partial charge is 0.359 e. The zero-order valence-electron chi connectivity index (χ0n) is 11.7. The number of amides is 1. The highest BCUT2D eigenvalue weighted by atomic mass is 16.5. The number of ether oxygens (including phenoxy) is 1. The van der Waals surface area contributed by atoms with Crippen molar-refractivity contribution in [2.24, 2.45) is 0 Å². The minimum absolute atomic E-state index is 0.0283. The van der Waals surface area contributed by atoms with Crippen molar-refractivity contribution in [1.29, 1.82) is 5.26 Å². The van der Waals surface area contributed by atoms with Gasteiger partial charge in [-0.05, 0) is 31.2 Å². The number of hydrogen-bond acceptors (Lipinski definition) is 6. The Labute approximate surface area is 126 Å². The van der Waals surface area contributed by atoms with Gasteiger partial charge in [0.2, 0.25) is 0 Å². The summed E-state index contributed by atoms with van der Waals surface area (Å²) in [6.45, 7) is 1.45. The van der Waals surface area contributed by atoms with Crippen LogP contribution in [0.1, 0.15) is 23.0 Å². The minimum atomic E-state index is -0.995. The molecule has 0 spiro atoms. The number of anilines is 1. The summed E-state index contributed by atoms with van der Waals surface area (Å²) in [6, 6.07) is 8.31. The molecule has 1 atom stereocenters. The molecule has 1 amide bonds. The first kappa shape index (κ1) is 15.1. The van der Waals surface area contributed by atoms with Crippen LogP contribution in [0.3, 0.4) is 0 Å². The standard InChI is InChI=1S/C15H12N4O3/c1-10(22-15(21)13-9-17-6-7-18-13)14(20)19-12-4-2-11(8-16)3-5-12/h2-7,9-10H,1H3,(H,19,20)/t10-/m1/s1. The van der Waals surface area contributed by atoms with Crippen molar-refractivity contribution in [2.45, 2.75) is 13.0 Å². The maximum atomic E-state index is 11.9. The average Bonchev–Trinajstić information content (AvgIpc) is 2.56. The molecule has 0 radical (unpaired) electrons. The second-order valence-electron chi connectivity index (χ2n) is 4.32. The molecule has 0 aliphatic carbocycles. The molecule has 2 aromatic rings. The highest BCUT2D eigenvalue weighted by Gasteiger charge is 2.19. The van der Waals surface area contributed by atoms with Gasteiger partial charge in [-0.15, -0.1) is 0 Å². The van der Waals surface area contributed by atoms with Crippen molar-refractivity contribution >= 4 is 17.6 Å². The molecule has 0 aliphatic rings. The van der Waals surface area contributed by atoms with Crippen LogP contribution >= 0.6 is 0 Å². The van der Waals surface area contributed by atoms with Crippen LogP contribution in [-0.4, -0.2) is 27.9 Å². The lowest BCUT2D eigenvalue weighted by Crippen LogP contribution is -2.30. The first-order valence-electron chi connectivity index (χ1n) is 6.38. The molecular weight excluding hydrogens is 284 g/mol. The average molecular weight is 296 g/mol. The van der Waals surface area contributed by atoms with Gasteiger partial charge in [-0.2, -0.15) is 5.26 Å². The monoisotopic (exact) mass is 296 g/mol. The molecule has 7 heteroatoms. The van der Waals surface area contributed by atoms with E-state index in [0.717, 1.165) is 0 Å². The third kappa shape index (κ3) is 3.86. The van der Waals surface area contributed by atoms with Crippen LogP contribution in [0.4, 0.5) is 5.69 Å². The van der Waals surface area contributed by atoms with Crippen LogP contribution < -0.4 is 5.32 Å². The molecule has 110 valence electrons. The molecule has 2 rings (SSSR count). The Hall–Kier alpha value is -3.27. The Morgan fingerprint density at radius 3 is 2.59 bits per heavy atom. The fourth-order valence-electron chi connectivity index (χ4n) is 1.55. The summed E-state index contributed by atoms with van der Waals surface area (Å²) >= 11 is 0. The Kier molecular flexibility index (Phi) is 4.78. The van der Waals surface area contributed by atoms with Gasteiger partial charge in [0.1, 0.15) is 0 Å². The van der Waals surface area contributed by atoms with Crippen LogP contribution in [0.2, 0.25) is 0 Å². The summed E-state index contributed by atoms with van der Waals surface area (Å²) in [7, 11) is 0. The van der Waals surface area contributed by atoms with E-state index >= 15 is 0 Å². The molecule has 1 N–H and O–H groups in total. The van der Waals surface area contributed by atoms with E-state index in [1.165, 1.54) is 25.5 Å². The Morgan fingerprint density at radius 1 is 1.27 bits per heavy atom. The van der Waals surface area contributed by atoms with Crippen molar-refractivity contribution < 1.29 is 14.3 Å². The fraction of sp³-hybridized carbons (Fsp3) is 0.133. The van der Waals surface area contributed by atoms with E-state index in [1.54, 1.807) is 24.3 Å². The van der Waals surface area contributed by atoms with Crippen molar-refractivity contribution in [3.8, 4) is 6.07 Å². The number of aromatic nitrogens is 2. The summed E-state index contributed by atoms with van der Waals surface area (Å²) < 4.78 is 5.01. The van der Waals surface area contributed by atoms with Gasteiger partial charge in [-0.25, -0.2) is 9.78 Å². The van der Waals surface area contributed by atoms with Gasteiger partial charge in [0.05, 0.1) is 17.8 Å². The quantitative estimate of drug-likeness (QED) is 0.858. The first-order valence-corrected chi connectivity index (χ1v) is 6.38. The predicted octanol–water partition coefficient (Wildman–Crippen LogP) is 1.53. The SMILES string of the molecule is C[C@@H](OC(=O)c1cnccn1)C(=O)Nc1ccc(C#N)cc1. The number of carbonyl (C=O) groups excluding carboxylic acids is 2. The minimum Gasteiger partial charge on any atom is -0.448 e. The molecule has 0 fully saturated rings. The van der Waals surface area contributed by atoms with Gasteiger partial charge in [-0.1, -0.05) is 0 Å². The van der Waals surface area contributed by atoms with E-state index in [0.29, 0.717) is 11.3 Å². The molecule has 1 aromatic heterocycles. The van der Waals surface area contributed by atoms with Gasteiger partial charge < -0.3 is 10.1 Å². The number of nitrogens with zero attached hydrogens (tertiary/aromatic N) is 3. The molecule has 0 aliphatic heterocycles. The molecule has 0 saturated carbocycles. The fourth-order valence-corrected chi connectivity index (χ4v) is 1.55. The van der Waals surface area contributed by atoms with E-state index in [1.807, 2.05) is 6.07 Å². The first-order chi connectivity index (χ1) is 10.6. The Morgan fingerprint density at radius 2 is 2.00 bits per heavy atom. The van der Waals surface area contributed by atoms with Crippen molar-refractivity contribution in [2.75, 3.05) is 5.32 Å². The second kappa shape index (κ2) is 6.95. The molecule has 0 unspecified atom stereocenters. The zero-order valence-corrected chi connectivity index (χ0v) is 11.7. The van der Waals surface area contributed by atoms with Crippen molar-refractivity contribution in [3.05, 3.63) is 54.1 Å². The molecule has 0 saturated heterocycles. The Balaban J connectivity index is 1.94. The van der Waals surface area contributed by atoms with Crippen LogP contribution in [0.15, 0.2) is 42.9 Å². The normalized spacial score (nSPS) is 11.1. The summed E-state index contributed by atoms with van der Waals surface area (Å²) in [5.74, 6) is -1.21. The number of benzene rings is 1. The van der Waals surface area contributed by atoms with E-state index in [2.05, 4.69) is 15.3 Å². The lowest BCUT2D eigenvalue weighted by molar-refractivity contribution is -0.123. The third-order valence-corrected chi connectivity index (χ3v) is 2.71. The highest BCUT2D eigenvalue weighted by Crippen LogP contribution is 2.10. The topological polar surface area (TPSA) is 105 Å². The summed E-state index contributed by atoms with van der Waals surface area (Å²) in [5.41, 5.74) is 1.02.